The van der Waals surface area contributed by atoms with Crippen molar-refractivity contribution >= 4 is 63.1 Å². The lowest BCUT2D eigenvalue weighted by molar-refractivity contribution is -0.123. The molecule has 2 aliphatic heterocycles. The van der Waals surface area contributed by atoms with Crippen LogP contribution in [0.15, 0.2) is 22.0 Å². The van der Waals surface area contributed by atoms with Crippen LogP contribution in [0.4, 0.5) is 0 Å². The Kier molecular flexibility index (Phi) is 7.62. The van der Waals surface area contributed by atoms with E-state index in [4.69, 9.17) is 26.4 Å². The van der Waals surface area contributed by atoms with Crippen molar-refractivity contribution < 1.29 is 23.8 Å². The number of carbonyl (C=O) groups excluding carboxylic acids is 2. The number of carbonyl (C=O) groups is 2. The number of nitrogens with one attached hydrogen (secondary N) is 1. The second kappa shape index (κ2) is 10.2. The number of nitrogens with zero attached hydrogens (tertiary/aromatic N) is 2. The monoisotopic (exact) mass is 467 g/mol. The van der Waals surface area contributed by atoms with Crippen LogP contribution in [0.1, 0.15) is 12.0 Å². The fraction of sp³-hybridized carbons (Fsp3) is 0.368. The SMILES string of the molecule is COc1cc(/C=C2\SC(=S)N(CCC(=O)NC3=NCCS3)C2=O)cc(OC)c1OC. The van der Waals surface area contributed by atoms with Crippen LogP contribution in [0.3, 0.4) is 0 Å². The average Bonchev–Trinajstić information content (AvgIpc) is 3.33. The Balaban J connectivity index is 1.70. The van der Waals surface area contributed by atoms with Crippen LogP contribution < -0.4 is 19.5 Å². The van der Waals surface area contributed by atoms with E-state index in [2.05, 4.69) is 10.3 Å². The van der Waals surface area contributed by atoms with E-state index in [1.807, 2.05) is 0 Å². The standard InChI is InChI=1S/C19H21N3O5S3/c1-25-12-8-11(9-13(26-2)16(12)27-3)10-14-17(24)22(19(28)30-14)6-4-15(23)21-18-20-5-7-29-18/h8-10H,4-7H2,1-3H3,(H,20,21,23)/b14-10-. The van der Waals surface area contributed by atoms with Gasteiger partial charge in [-0.05, 0) is 23.8 Å². The summed E-state index contributed by atoms with van der Waals surface area (Å²) in [4.78, 5) is 31.0. The molecular weight excluding hydrogens is 446 g/mol. The van der Waals surface area contributed by atoms with Gasteiger partial charge in [0.25, 0.3) is 5.91 Å². The molecule has 2 amide bonds. The highest BCUT2D eigenvalue weighted by molar-refractivity contribution is 8.26. The summed E-state index contributed by atoms with van der Waals surface area (Å²) in [5, 5.41) is 3.38. The van der Waals surface area contributed by atoms with Gasteiger partial charge in [-0.1, -0.05) is 35.7 Å². The normalized spacial score (nSPS) is 17.4. The third-order valence-electron chi connectivity index (χ3n) is 4.25. The van der Waals surface area contributed by atoms with Gasteiger partial charge in [-0.3, -0.25) is 19.5 Å². The van der Waals surface area contributed by atoms with Crippen LogP contribution in [0.5, 0.6) is 17.2 Å². The minimum Gasteiger partial charge on any atom is -0.493 e. The lowest BCUT2D eigenvalue weighted by Crippen LogP contribution is -2.34. The molecule has 1 saturated heterocycles. The Morgan fingerprint density at radius 2 is 1.97 bits per heavy atom. The highest BCUT2D eigenvalue weighted by Gasteiger charge is 2.32. The number of aliphatic imine (C=N–C) groups is 1. The number of amides is 2. The Hall–Kier alpha value is -2.24. The van der Waals surface area contributed by atoms with Gasteiger partial charge < -0.3 is 19.5 Å². The molecule has 3 rings (SSSR count). The molecule has 0 spiro atoms. The summed E-state index contributed by atoms with van der Waals surface area (Å²) in [6, 6.07) is 3.50. The van der Waals surface area contributed by atoms with Crippen molar-refractivity contribution in [3.63, 3.8) is 0 Å². The predicted molar refractivity (Wildman–Crippen MR) is 123 cm³/mol. The third-order valence-corrected chi connectivity index (χ3v) is 6.52. The van der Waals surface area contributed by atoms with Crippen LogP contribution in [0, 0.1) is 0 Å². The Labute approximate surface area is 188 Å². The second-order valence-electron chi connectivity index (χ2n) is 6.13. The maximum Gasteiger partial charge on any atom is 0.266 e. The molecule has 1 aromatic carbocycles. The zero-order valence-corrected chi connectivity index (χ0v) is 19.2. The largest absolute Gasteiger partial charge is 0.493 e. The number of benzene rings is 1. The quantitative estimate of drug-likeness (QED) is 0.483. The molecule has 0 saturated carbocycles. The van der Waals surface area contributed by atoms with E-state index in [1.54, 1.807) is 18.2 Å². The third kappa shape index (κ3) is 5.08. The molecule has 8 nitrogen and oxygen atoms in total. The van der Waals surface area contributed by atoms with Gasteiger partial charge in [0.1, 0.15) is 4.32 Å². The molecule has 0 bridgehead atoms. The number of ether oxygens (including phenoxy) is 3. The first kappa shape index (κ1) is 22.4. The van der Waals surface area contributed by atoms with Crippen molar-refractivity contribution in [2.75, 3.05) is 40.2 Å². The van der Waals surface area contributed by atoms with Crippen LogP contribution in [-0.2, 0) is 9.59 Å². The maximum absolute atomic E-state index is 12.8. The minimum atomic E-state index is -0.237. The van der Waals surface area contributed by atoms with Crippen molar-refractivity contribution in [2.24, 2.45) is 4.99 Å². The fourth-order valence-electron chi connectivity index (χ4n) is 2.83. The second-order valence-corrected chi connectivity index (χ2v) is 8.88. The number of hydrogen-bond acceptors (Lipinski definition) is 9. The summed E-state index contributed by atoms with van der Waals surface area (Å²) >= 11 is 8.05. The van der Waals surface area contributed by atoms with Gasteiger partial charge in [-0.25, -0.2) is 0 Å². The summed E-state index contributed by atoms with van der Waals surface area (Å²) in [7, 11) is 4.59. The smallest absolute Gasteiger partial charge is 0.266 e. The topological polar surface area (TPSA) is 89.5 Å². The Morgan fingerprint density at radius 1 is 1.27 bits per heavy atom. The number of amidine groups is 1. The van der Waals surface area contributed by atoms with Crippen molar-refractivity contribution in [1.82, 2.24) is 10.2 Å². The molecule has 0 radical (unpaired) electrons. The average molecular weight is 468 g/mol. The van der Waals surface area contributed by atoms with E-state index in [9.17, 15) is 9.59 Å². The highest BCUT2D eigenvalue weighted by Crippen LogP contribution is 2.40. The molecule has 0 unspecified atom stereocenters. The van der Waals surface area contributed by atoms with Gasteiger partial charge >= 0.3 is 0 Å². The van der Waals surface area contributed by atoms with Gasteiger partial charge in [-0.2, -0.15) is 0 Å². The molecule has 0 atom stereocenters. The highest BCUT2D eigenvalue weighted by atomic mass is 32.2. The molecule has 1 N–H and O–H groups in total. The van der Waals surface area contributed by atoms with E-state index in [1.165, 1.54) is 49.8 Å². The van der Waals surface area contributed by atoms with Gasteiger partial charge in [0, 0.05) is 18.7 Å². The van der Waals surface area contributed by atoms with Gasteiger partial charge in [0.2, 0.25) is 11.7 Å². The first-order chi connectivity index (χ1) is 14.5. The lowest BCUT2D eigenvalue weighted by atomic mass is 10.1. The number of methoxy groups -OCH3 is 3. The van der Waals surface area contributed by atoms with Crippen LogP contribution in [0.25, 0.3) is 6.08 Å². The first-order valence-corrected chi connectivity index (χ1v) is 11.2. The van der Waals surface area contributed by atoms with E-state index >= 15 is 0 Å². The van der Waals surface area contributed by atoms with Gasteiger partial charge in [0.05, 0.1) is 32.8 Å². The summed E-state index contributed by atoms with van der Waals surface area (Å²) in [6.45, 7) is 0.918. The lowest BCUT2D eigenvalue weighted by Gasteiger charge is -2.14. The van der Waals surface area contributed by atoms with E-state index in [0.717, 1.165) is 5.75 Å². The van der Waals surface area contributed by atoms with Crippen LogP contribution in [-0.4, -0.2) is 66.4 Å². The van der Waals surface area contributed by atoms with Gasteiger partial charge in [-0.15, -0.1) is 0 Å². The molecule has 2 heterocycles. The summed E-state index contributed by atoms with van der Waals surface area (Å²) in [5.74, 6) is 1.90. The first-order valence-electron chi connectivity index (χ1n) is 8.99. The van der Waals surface area contributed by atoms with Crippen molar-refractivity contribution in [2.45, 2.75) is 6.42 Å². The Morgan fingerprint density at radius 3 is 2.53 bits per heavy atom. The fourth-order valence-corrected chi connectivity index (χ4v) is 4.89. The van der Waals surface area contributed by atoms with E-state index in [0.29, 0.717) is 43.8 Å². The van der Waals surface area contributed by atoms with Crippen LogP contribution in [0.2, 0.25) is 0 Å². The Bertz CT molecular complexity index is 907. The molecule has 1 fully saturated rings. The van der Waals surface area contributed by atoms with Crippen molar-refractivity contribution in [3.05, 3.63) is 22.6 Å². The predicted octanol–water partition coefficient (Wildman–Crippen LogP) is 2.52. The number of thioether (sulfide) groups is 2. The molecule has 0 aliphatic carbocycles. The zero-order chi connectivity index (χ0) is 21.7. The number of thiocarbonyl (C=S) groups is 1. The minimum absolute atomic E-state index is 0.142. The van der Waals surface area contributed by atoms with Crippen molar-refractivity contribution in [1.29, 1.82) is 0 Å². The van der Waals surface area contributed by atoms with Gasteiger partial charge in [0.15, 0.2) is 16.7 Å². The van der Waals surface area contributed by atoms with Crippen molar-refractivity contribution in [3.8, 4) is 17.2 Å². The number of rotatable bonds is 7. The molecule has 0 aromatic heterocycles. The summed E-state index contributed by atoms with van der Waals surface area (Å²) in [6.07, 6.45) is 1.86. The molecular formula is C19H21N3O5S3. The maximum atomic E-state index is 12.8. The molecule has 160 valence electrons. The summed E-state index contributed by atoms with van der Waals surface area (Å²) < 4.78 is 16.4. The van der Waals surface area contributed by atoms with Crippen LogP contribution >= 0.6 is 35.7 Å². The number of hydrogen-bond donors (Lipinski definition) is 1. The summed E-state index contributed by atoms with van der Waals surface area (Å²) in [5.41, 5.74) is 0.707. The van der Waals surface area contributed by atoms with E-state index < -0.39 is 0 Å². The molecule has 1 aromatic rings. The molecule has 11 heteroatoms. The molecule has 2 aliphatic rings. The molecule has 30 heavy (non-hydrogen) atoms. The van der Waals surface area contributed by atoms with E-state index in [-0.39, 0.29) is 24.8 Å². The zero-order valence-electron chi connectivity index (χ0n) is 16.7.